The molecule has 0 saturated heterocycles. The van der Waals surface area contributed by atoms with Crippen LogP contribution in [0.25, 0.3) is 0 Å². The first-order chi connectivity index (χ1) is 13.7. The number of anilines is 1. The number of benzene rings is 2. The third-order valence-electron chi connectivity index (χ3n) is 3.95. The number of ether oxygens (including phenoxy) is 2. The summed E-state index contributed by atoms with van der Waals surface area (Å²) >= 11 is 0. The molecule has 2 aromatic carbocycles. The second-order valence-corrected chi connectivity index (χ2v) is 5.89. The molecular formula is C21H20FN3O3. The zero-order valence-electron chi connectivity index (χ0n) is 15.3. The predicted octanol–water partition coefficient (Wildman–Crippen LogP) is 4.17. The van der Waals surface area contributed by atoms with Gasteiger partial charge in [-0.3, -0.25) is 0 Å². The number of methoxy groups -OCH3 is 1. The van der Waals surface area contributed by atoms with Crippen LogP contribution in [0, 0.1) is 5.82 Å². The molecule has 2 amide bonds. The number of hydrogen-bond donors (Lipinski definition) is 2. The molecular weight excluding hydrogens is 361 g/mol. The van der Waals surface area contributed by atoms with E-state index < -0.39 is 17.9 Å². The minimum Gasteiger partial charge on any atom is -0.488 e. The molecule has 0 fully saturated rings. The van der Waals surface area contributed by atoms with Crippen LogP contribution in [-0.4, -0.2) is 24.7 Å². The molecule has 0 spiro atoms. The molecule has 6 nitrogen and oxygen atoms in total. The highest BCUT2D eigenvalue weighted by Crippen LogP contribution is 2.19. The van der Waals surface area contributed by atoms with Gasteiger partial charge in [-0.1, -0.05) is 42.5 Å². The molecule has 144 valence electrons. The molecule has 28 heavy (non-hydrogen) atoms. The molecule has 1 aromatic heterocycles. The average Bonchev–Trinajstić information content (AvgIpc) is 2.73. The number of hydrogen-bond acceptors (Lipinski definition) is 4. The highest BCUT2D eigenvalue weighted by atomic mass is 19.1. The summed E-state index contributed by atoms with van der Waals surface area (Å²) in [6.45, 7) is 0.0687. The minimum atomic E-state index is -0.480. The van der Waals surface area contributed by atoms with E-state index in [2.05, 4.69) is 15.6 Å². The zero-order valence-corrected chi connectivity index (χ0v) is 15.3. The van der Waals surface area contributed by atoms with Gasteiger partial charge in [-0.25, -0.2) is 14.2 Å². The zero-order chi connectivity index (χ0) is 19.8. The summed E-state index contributed by atoms with van der Waals surface area (Å²) in [7, 11) is 1.52. The average molecular weight is 381 g/mol. The van der Waals surface area contributed by atoms with Gasteiger partial charge in [-0.15, -0.1) is 0 Å². The van der Waals surface area contributed by atoms with Crippen LogP contribution in [0.2, 0.25) is 0 Å². The number of para-hydroxylation sites is 1. The first-order valence-corrected chi connectivity index (χ1v) is 8.65. The van der Waals surface area contributed by atoms with E-state index in [1.807, 2.05) is 30.3 Å². The highest BCUT2D eigenvalue weighted by Gasteiger charge is 2.16. The minimum absolute atomic E-state index is 0.0687. The molecule has 1 atom stereocenters. The molecule has 7 heteroatoms. The Balaban J connectivity index is 1.68. The maximum atomic E-state index is 13.8. The van der Waals surface area contributed by atoms with E-state index in [-0.39, 0.29) is 12.4 Å². The number of pyridine rings is 1. The van der Waals surface area contributed by atoms with Crippen LogP contribution in [0.3, 0.4) is 0 Å². The van der Waals surface area contributed by atoms with Gasteiger partial charge in [0.15, 0.2) is 11.6 Å². The van der Waals surface area contributed by atoms with E-state index in [4.69, 9.17) is 9.47 Å². The Hall–Kier alpha value is -3.61. The number of halogens is 1. The van der Waals surface area contributed by atoms with Crippen molar-refractivity contribution >= 4 is 11.7 Å². The number of carbonyl (C=O) groups is 1. The van der Waals surface area contributed by atoms with Gasteiger partial charge in [0, 0.05) is 6.07 Å². The summed E-state index contributed by atoms with van der Waals surface area (Å²) in [6, 6.07) is 17.9. The van der Waals surface area contributed by atoms with Crippen LogP contribution in [0.1, 0.15) is 11.6 Å². The van der Waals surface area contributed by atoms with E-state index in [0.29, 0.717) is 11.6 Å². The van der Waals surface area contributed by atoms with Gasteiger partial charge in [0.1, 0.15) is 6.61 Å². The molecule has 0 radical (unpaired) electrons. The Bertz CT molecular complexity index is 904. The fraction of sp³-hybridized carbons (Fsp3) is 0.143. The molecule has 3 rings (SSSR count). The maximum absolute atomic E-state index is 13.8. The summed E-state index contributed by atoms with van der Waals surface area (Å²) in [5.74, 6) is 0.125. The van der Waals surface area contributed by atoms with Crippen molar-refractivity contribution in [3.63, 3.8) is 0 Å². The molecule has 1 unspecified atom stereocenters. The molecule has 1 heterocycles. The second-order valence-electron chi connectivity index (χ2n) is 5.89. The van der Waals surface area contributed by atoms with Crippen LogP contribution >= 0.6 is 0 Å². The van der Waals surface area contributed by atoms with Crippen LogP contribution in [0.5, 0.6) is 11.6 Å². The number of nitrogens with one attached hydrogen (secondary N) is 2. The Morgan fingerprint density at radius 3 is 2.50 bits per heavy atom. The predicted molar refractivity (Wildman–Crippen MR) is 104 cm³/mol. The van der Waals surface area contributed by atoms with Gasteiger partial charge in [-0.2, -0.15) is 0 Å². The summed E-state index contributed by atoms with van der Waals surface area (Å²) in [5.41, 5.74) is 1.35. The fourth-order valence-corrected chi connectivity index (χ4v) is 2.54. The molecule has 2 N–H and O–H groups in total. The number of carbonyl (C=O) groups excluding carboxylic acids is 1. The van der Waals surface area contributed by atoms with E-state index in [0.717, 1.165) is 5.56 Å². The Kier molecular flexibility index (Phi) is 6.41. The van der Waals surface area contributed by atoms with Gasteiger partial charge < -0.3 is 20.1 Å². The summed E-state index contributed by atoms with van der Waals surface area (Å²) in [4.78, 5) is 16.5. The normalized spacial score (nSPS) is 11.4. The van der Waals surface area contributed by atoms with Crippen molar-refractivity contribution in [2.24, 2.45) is 0 Å². The van der Waals surface area contributed by atoms with Gasteiger partial charge in [-0.05, 0) is 23.8 Å². The van der Waals surface area contributed by atoms with Crippen molar-refractivity contribution in [2.75, 3.05) is 19.0 Å². The van der Waals surface area contributed by atoms with Crippen molar-refractivity contribution in [1.82, 2.24) is 10.3 Å². The quantitative estimate of drug-likeness (QED) is 0.644. The van der Waals surface area contributed by atoms with Crippen molar-refractivity contribution in [1.29, 1.82) is 0 Å². The summed E-state index contributed by atoms with van der Waals surface area (Å²) in [6.07, 6.45) is 1.49. The number of urea groups is 1. The lowest BCUT2D eigenvalue weighted by molar-refractivity contribution is 0.231. The number of nitrogens with zero attached hydrogens (tertiary/aromatic N) is 1. The van der Waals surface area contributed by atoms with E-state index in [1.54, 1.807) is 30.3 Å². The van der Waals surface area contributed by atoms with Crippen LogP contribution in [0.4, 0.5) is 14.9 Å². The summed E-state index contributed by atoms with van der Waals surface area (Å²) < 4.78 is 24.4. The fourth-order valence-electron chi connectivity index (χ4n) is 2.54. The first kappa shape index (κ1) is 19.2. The van der Waals surface area contributed by atoms with Crippen LogP contribution in [0.15, 0.2) is 72.9 Å². The SMILES string of the molecule is COc1ccc(NC(=O)NC(COc2ccccc2F)c2ccccc2)cn1. The molecule has 0 saturated carbocycles. The van der Waals surface area contributed by atoms with Crippen LogP contribution in [-0.2, 0) is 0 Å². The molecule has 0 aliphatic heterocycles. The van der Waals surface area contributed by atoms with Crippen molar-refractivity contribution in [3.8, 4) is 11.6 Å². The van der Waals surface area contributed by atoms with Crippen LogP contribution < -0.4 is 20.1 Å². The molecule has 0 aliphatic carbocycles. The van der Waals surface area contributed by atoms with E-state index >= 15 is 0 Å². The lowest BCUT2D eigenvalue weighted by Crippen LogP contribution is -2.35. The Morgan fingerprint density at radius 2 is 1.82 bits per heavy atom. The van der Waals surface area contributed by atoms with E-state index in [9.17, 15) is 9.18 Å². The molecule has 3 aromatic rings. The second kappa shape index (κ2) is 9.36. The number of amides is 2. The molecule has 0 bridgehead atoms. The molecule has 0 aliphatic rings. The van der Waals surface area contributed by atoms with Gasteiger partial charge in [0.25, 0.3) is 0 Å². The Labute approximate surface area is 162 Å². The Morgan fingerprint density at radius 1 is 1.07 bits per heavy atom. The van der Waals surface area contributed by atoms with Gasteiger partial charge in [0.2, 0.25) is 5.88 Å². The topological polar surface area (TPSA) is 72.5 Å². The first-order valence-electron chi connectivity index (χ1n) is 8.65. The van der Waals surface area contributed by atoms with Gasteiger partial charge >= 0.3 is 6.03 Å². The monoisotopic (exact) mass is 381 g/mol. The smallest absolute Gasteiger partial charge is 0.319 e. The lowest BCUT2D eigenvalue weighted by atomic mass is 10.1. The summed E-state index contributed by atoms with van der Waals surface area (Å²) in [5, 5.41) is 5.55. The number of rotatable bonds is 7. The third kappa shape index (κ3) is 5.20. The van der Waals surface area contributed by atoms with Crippen molar-refractivity contribution in [2.45, 2.75) is 6.04 Å². The maximum Gasteiger partial charge on any atom is 0.319 e. The standard InChI is InChI=1S/C21H20FN3O3/c1-27-20-12-11-16(13-23-20)24-21(26)25-18(15-7-3-2-4-8-15)14-28-19-10-6-5-9-17(19)22/h2-13,18H,14H2,1H3,(H2,24,25,26). The van der Waals surface area contributed by atoms with Gasteiger partial charge in [0.05, 0.1) is 25.0 Å². The largest absolute Gasteiger partial charge is 0.488 e. The highest BCUT2D eigenvalue weighted by molar-refractivity contribution is 5.89. The van der Waals surface area contributed by atoms with E-state index in [1.165, 1.54) is 19.4 Å². The number of aromatic nitrogens is 1. The lowest BCUT2D eigenvalue weighted by Gasteiger charge is -2.20. The van der Waals surface area contributed by atoms with Crippen molar-refractivity contribution in [3.05, 3.63) is 84.3 Å². The van der Waals surface area contributed by atoms with Crippen molar-refractivity contribution < 1.29 is 18.7 Å². The third-order valence-corrected chi connectivity index (χ3v) is 3.95.